The van der Waals surface area contributed by atoms with Crippen LogP contribution in [0.2, 0.25) is 0 Å². The van der Waals surface area contributed by atoms with Gasteiger partial charge in [0.05, 0.1) is 0 Å². The highest BCUT2D eigenvalue weighted by Crippen LogP contribution is 2.25. The SMILES string of the molecule is O=C[C@H](O)[C@@H](O)[C@H](O[C@H]1O[C@H](C(=O)O)[C@H](O)[C@H](O)[C@H]1O)[C@H](O)C(=O)O. The van der Waals surface area contributed by atoms with Crippen LogP contribution < -0.4 is 0 Å². The van der Waals surface area contributed by atoms with Crippen molar-refractivity contribution in [3.63, 3.8) is 0 Å². The first-order valence-corrected chi connectivity index (χ1v) is 6.83. The van der Waals surface area contributed by atoms with E-state index in [0.29, 0.717) is 0 Å². The van der Waals surface area contributed by atoms with Crippen LogP contribution in [-0.2, 0) is 23.9 Å². The number of rotatable bonds is 8. The number of aldehydes is 1. The van der Waals surface area contributed by atoms with Gasteiger partial charge in [-0.2, -0.15) is 0 Å². The number of carbonyl (C=O) groups excluding carboxylic acids is 1. The fourth-order valence-electron chi connectivity index (χ4n) is 2.08. The molecule has 13 heteroatoms. The third-order valence-corrected chi connectivity index (χ3v) is 3.49. The van der Waals surface area contributed by atoms with Gasteiger partial charge in [0.25, 0.3) is 0 Å². The smallest absolute Gasteiger partial charge is 0.335 e. The average Bonchev–Trinajstić information content (AvgIpc) is 2.56. The fourth-order valence-corrected chi connectivity index (χ4v) is 2.08. The monoisotopic (exact) mass is 370 g/mol. The minimum Gasteiger partial charge on any atom is -0.479 e. The summed E-state index contributed by atoms with van der Waals surface area (Å²) in [6, 6.07) is 0. The summed E-state index contributed by atoms with van der Waals surface area (Å²) in [6.45, 7) is 0. The second kappa shape index (κ2) is 8.59. The largest absolute Gasteiger partial charge is 0.479 e. The van der Waals surface area contributed by atoms with E-state index in [-0.39, 0.29) is 6.29 Å². The summed E-state index contributed by atoms with van der Waals surface area (Å²) in [7, 11) is 0. The molecule has 1 fully saturated rings. The molecule has 144 valence electrons. The lowest BCUT2D eigenvalue weighted by molar-refractivity contribution is -0.318. The molecule has 1 rings (SSSR count). The Bertz CT molecular complexity index is 495. The summed E-state index contributed by atoms with van der Waals surface area (Å²) >= 11 is 0. The molecule has 1 saturated heterocycles. The molecule has 25 heavy (non-hydrogen) atoms. The second-order valence-electron chi connectivity index (χ2n) is 5.24. The van der Waals surface area contributed by atoms with E-state index >= 15 is 0 Å². The van der Waals surface area contributed by atoms with E-state index in [9.17, 15) is 45.0 Å². The zero-order chi connectivity index (χ0) is 19.5. The summed E-state index contributed by atoms with van der Waals surface area (Å²) < 4.78 is 9.50. The summed E-state index contributed by atoms with van der Waals surface area (Å²) in [4.78, 5) is 32.3. The molecule has 0 aliphatic carbocycles. The van der Waals surface area contributed by atoms with Gasteiger partial charge < -0.3 is 55.1 Å². The summed E-state index contributed by atoms with van der Waals surface area (Å²) in [6.07, 6.45) is -19.9. The van der Waals surface area contributed by atoms with Gasteiger partial charge in [-0.05, 0) is 0 Å². The van der Waals surface area contributed by atoms with Crippen LogP contribution in [-0.4, -0.2) is 114 Å². The van der Waals surface area contributed by atoms with Crippen LogP contribution >= 0.6 is 0 Å². The maximum Gasteiger partial charge on any atom is 0.335 e. The van der Waals surface area contributed by atoms with Crippen molar-refractivity contribution < 1.29 is 64.7 Å². The molecule has 9 atom stereocenters. The number of aliphatic hydroxyl groups is 6. The maximum atomic E-state index is 11.0. The van der Waals surface area contributed by atoms with Crippen molar-refractivity contribution in [3.8, 4) is 0 Å². The van der Waals surface area contributed by atoms with Gasteiger partial charge >= 0.3 is 11.9 Å². The molecule has 1 aliphatic rings. The standard InChI is InChI=1S/C12H18O13/c13-1-2(14)3(15)8(7(19)10(20)21)24-12-6(18)4(16)5(17)9(25-12)11(22)23/h1-9,12,14-19H,(H,20,21)(H,22,23)/t2-,3+,4-,5+,6+,7-,8-,9-,12-/m0/s1. The van der Waals surface area contributed by atoms with Crippen LogP contribution in [0.3, 0.4) is 0 Å². The fraction of sp³-hybridized carbons (Fsp3) is 0.750. The zero-order valence-corrected chi connectivity index (χ0v) is 12.4. The van der Waals surface area contributed by atoms with Gasteiger partial charge in [-0.3, -0.25) is 0 Å². The van der Waals surface area contributed by atoms with Crippen molar-refractivity contribution in [3.05, 3.63) is 0 Å². The first kappa shape index (κ1) is 21.3. The number of carboxylic acids is 2. The quantitative estimate of drug-likeness (QED) is 0.187. The molecule has 1 heterocycles. The third-order valence-electron chi connectivity index (χ3n) is 3.49. The predicted molar refractivity (Wildman–Crippen MR) is 70.9 cm³/mol. The highest BCUT2D eigenvalue weighted by atomic mass is 16.7. The van der Waals surface area contributed by atoms with E-state index in [1.807, 2.05) is 0 Å². The van der Waals surface area contributed by atoms with Crippen molar-refractivity contribution in [1.29, 1.82) is 0 Å². The molecule has 0 radical (unpaired) electrons. The highest BCUT2D eigenvalue weighted by molar-refractivity contribution is 5.73. The number of carbonyl (C=O) groups is 3. The van der Waals surface area contributed by atoms with Crippen molar-refractivity contribution in [2.45, 2.75) is 55.1 Å². The van der Waals surface area contributed by atoms with Gasteiger partial charge in [-0.25, -0.2) is 9.59 Å². The van der Waals surface area contributed by atoms with Gasteiger partial charge in [0.2, 0.25) is 0 Å². The van der Waals surface area contributed by atoms with E-state index in [1.165, 1.54) is 0 Å². The van der Waals surface area contributed by atoms with Gasteiger partial charge in [-0.1, -0.05) is 0 Å². The summed E-state index contributed by atoms with van der Waals surface area (Å²) in [5, 5.41) is 75.1. The molecule has 0 saturated carbocycles. The van der Waals surface area contributed by atoms with Crippen LogP contribution in [0.25, 0.3) is 0 Å². The minimum absolute atomic E-state index is 0.188. The van der Waals surface area contributed by atoms with Crippen LogP contribution in [0.1, 0.15) is 0 Å². The van der Waals surface area contributed by atoms with E-state index in [4.69, 9.17) is 19.7 Å². The van der Waals surface area contributed by atoms with Crippen molar-refractivity contribution in [2.75, 3.05) is 0 Å². The summed E-state index contributed by atoms with van der Waals surface area (Å²) in [5.41, 5.74) is 0. The van der Waals surface area contributed by atoms with Crippen LogP contribution in [0, 0.1) is 0 Å². The van der Waals surface area contributed by atoms with Crippen molar-refractivity contribution >= 4 is 18.2 Å². The molecule has 1 aliphatic heterocycles. The van der Waals surface area contributed by atoms with Crippen LogP contribution in [0.4, 0.5) is 0 Å². The normalized spacial score (nSPS) is 34.6. The Morgan fingerprint density at radius 1 is 1.00 bits per heavy atom. The minimum atomic E-state index is -2.52. The van der Waals surface area contributed by atoms with E-state index < -0.39 is 67.1 Å². The molecule has 0 unspecified atom stereocenters. The Kier molecular flexibility index (Phi) is 7.33. The van der Waals surface area contributed by atoms with Gasteiger partial charge in [-0.15, -0.1) is 0 Å². The first-order valence-electron chi connectivity index (χ1n) is 6.83. The molecule has 0 bridgehead atoms. The van der Waals surface area contributed by atoms with E-state index in [0.717, 1.165) is 0 Å². The van der Waals surface area contributed by atoms with E-state index in [2.05, 4.69) is 0 Å². The molecule has 0 aromatic carbocycles. The lowest BCUT2D eigenvalue weighted by atomic mass is 9.98. The number of hydrogen-bond acceptors (Lipinski definition) is 11. The molecule has 0 spiro atoms. The average molecular weight is 370 g/mol. The third kappa shape index (κ3) is 4.68. The van der Waals surface area contributed by atoms with Gasteiger partial charge in [0, 0.05) is 0 Å². The van der Waals surface area contributed by atoms with Crippen LogP contribution in [0.5, 0.6) is 0 Å². The van der Waals surface area contributed by atoms with Crippen molar-refractivity contribution in [1.82, 2.24) is 0 Å². The van der Waals surface area contributed by atoms with Gasteiger partial charge in [0.15, 0.2) is 24.8 Å². The lowest BCUT2D eigenvalue weighted by Crippen LogP contribution is -2.62. The molecular formula is C12H18O13. The first-order chi connectivity index (χ1) is 11.5. The second-order valence-corrected chi connectivity index (χ2v) is 5.24. The molecule has 0 aromatic rings. The number of aliphatic carboxylic acids is 2. The van der Waals surface area contributed by atoms with Crippen LogP contribution in [0.15, 0.2) is 0 Å². The number of hydrogen-bond donors (Lipinski definition) is 8. The molecule has 0 amide bonds. The van der Waals surface area contributed by atoms with E-state index in [1.54, 1.807) is 0 Å². The Morgan fingerprint density at radius 2 is 1.56 bits per heavy atom. The lowest BCUT2D eigenvalue weighted by Gasteiger charge is -2.40. The number of carboxylic acid groups (broad SMARTS) is 2. The topological polar surface area (TPSA) is 232 Å². The molecule has 0 aromatic heterocycles. The number of ether oxygens (including phenoxy) is 2. The summed E-state index contributed by atoms with van der Waals surface area (Å²) in [5.74, 6) is -3.70. The zero-order valence-electron chi connectivity index (χ0n) is 12.4. The molecule has 8 N–H and O–H groups in total. The van der Waals surface area contributed by atoms with Gasteiger partial charge in [0.1, 0.15) is 36.6 Å². The Morgan fingerprint density at radius 3 is 2.00 bits per heavy atom. The predicted octanol–water partition coefficient (Wildman–Crippen LogP) is -5.37. The molecule has 13 nitrogen and oxygen atoms in total. The molecular weight excluding hydrogens is 352 g/mol. The maximum absolute atomic E-state index is 11.0. The number of aliphatic hydroxyl groups excluding tert-OH is 6. The van der Waals surface area contributed by atoms with Crippen molar-refractivity contribution in [2.24, 2.45) is 0 Å². The Balaban J connectivity index is 3.06. The Labute approximate surface area is 139 Å². The highest BCUT2D eigenvalue weighted by Gasteiger charge is 2.50. The Hall–Kier alpha value is -1.71.